The highest BCUT2D eigenvalue weighted by Crippen LogP contribution is 2.24. The molecule has 2 heterocycles. The van der Waals surface area contributed by atoms with Crippen LogP contribution < -0.4 is 5.56 Å². The van der Waals surface area contributed by atoms with Crippen LogP contribution in [0.4, 0.5) is 0 Å². The van der Waals surface area contributed by atoms with E-state index >= 15 is 0 Å². The van der Waals surface area contributed by atoms with Crippen LogP contribution in [0.5, 0.6) is 0 Å². The molecule has 0 unspecified atom stereocenters. The normalized spacial score (nSPS) is 11.7. The van der Waals surface area contributed by atoms with Crippen molar-refractivity contribution < 1.29 is 0 Å². The fourth-order valence-electron chi connectivity index (χ4n) is 4.14. The van der Waals surface area contributed by atoms with Crippen molar-refractivity contribution >= 4 is 21.8 Å². The van der Waals surface area contributed by atoms with E-state index in [1.54, 1.807) is 0 Å². The highest BCUT2D eigenvalue weighted by molar-refractivity contribution is 6.04. The first-order valence-electron chi connectivity index (χ1n) is 10.3. The van der Waals surface area contributed by atoms with Crippen LogP contribution in [0.3, 0.4) is 0 Å². The summed E-state index contributed by atoms with van der Waals surface area (Å²) >= 11 is 0. The summed E-state index contributed by atoms with van der Waals surface area (Å²) < 4.78 is 1.84. The van der Waals surface area contributed by atoms with Gasteiger partial charge in [-0.2, -0.15) is 5.10 Å². The fraction of sp³-hybridized carbons (Fsp3) is 0.333. The van der Waals surface area contributed by atoms with Crippen molar-refractivity contribution in [2.24, 2.45) is 0 Å². The number of benzene rings is 2. The summed E-state index contributed by atoms with van der Waals surface area (Å²) in [5.41, 5.74) is 5.25. The lowest BCUT2D eigenvalue weighted by Gasteiger charge is -2.17. The van der Waals surface area contributed by atoms with Gasteiger partial charge in [0.2, 0.25) is 0 Å². The second kappa shape index (κ2) is 8.21. The van der Waals surface area contributed by atoms with Crippen molar-refractivity contribution in [2.45, 2.75) is 39.8 Å². The SMILES string of the molecule is CCn1c(=O)c2c(C)[nH]nc2c2cc(CCCN(C)Cc3ccccc3)ccc21. The molecule has 0 bridgehead atoms. The van der Waals surface area contributed by atoms with Gasteiger partial charge in [-0.3, -0.25) is 9.89 Å². The molecule has 0 saturated heterocycles. The lowest BCUT2D eigenvalue weighted by Crippen LogP contribution is -2.20. The second-order valence-electron chi connectivity index (χ2n) is 7.80. The average molecular weight is 389 g/mol. The summed E-state index contributed by atoms with van der Waals surface area (Å²) in [4.78, 5) is 15.2. The molecule has 29 heavy (non-hydrogen) atoms. The van der Waals surface area contributed by atoms with Crippen LogP contribution in [0, 0.1) is 6.92 Å². The molecule has 1 N–H and O–H groups in total. The molecule has 0 radical (unpaired) electrons. The van der Waals surface area contributed by atoms with Gasteiger partial charge in [-0.05, 0) is 63.5 Å². The Morgan fingerprint density at radius 2 is 1.90 bits per heavy atom. The number of pyridine rings is 1. The molecule has 0 saturated carbocycles. The molecule has 0 spiro atoms. The third kappa shape index (κ3) is 3.83. The number of hydrogen-bond acceptors (Lipinski definition) is 3. The summed E-state index contributed by atoms with van der Waals surface area (Å²) in [6.07, 6.45) is 2.09. The Morgan fingerprint density at radius 3 is 2.66 bits per heavy atom. The smallest absolute Gasteiger partial charge is 0.262 e. The summed E-state index contributed by atoms with van der Waals surface area (Å²) in [6, 6.07) is 17.0. The minimum absolute atomic E-state index is 0.0385. The molecule has 0 aliphatic rings. The van der Waals surface area contributed by atoms with Crippen LogP contribution in [-0.2, 0) is 19.5 Å². The minimum Gasteiger partial charge on any atom is -0.308 e. The Kier molecular flexibility index (Phi) is 5.49. The maximum absolute atomic E-state index is 12.8. The third-order valence-corrected chi connectivity index (χ3v) is 5.63. The van der Waals surface area contributed by atoms with E-state index in [0.717, 1.165) is 48.0 Å². The van der Waals surface area contributed by atoms with Crippen molar-refractivity contribution in [1.29, 1.82) is 0 Å². The molecular weight excluding hydrogens is 360 g/mol. The molecule has 0 fully saturated rings. The number of aromatic amines is 1. The van der Waals surface area contributed by atoms with E-state index in [-0.39, 0.29) is 5.56 Å². The van der Waals surface area contributed by atoms with Crippen molar-refractivity contribution in [3.63, 3.8) is 0 Å². The van der Waals surface area contributed by atoms with E-state index in [2.05, 4.69) is 70.7 Å². The Hall–Kier alpha value is -2.92. The van der Waals surface area contributed by atoms with Gasteiger partial charge in [-0.1, -0.05) is 36.4 Å². The lowest BCUT2D eigenvalue weighted by atomic mass is 10.0. The quantitative estimate of drug-likeness (QED) is 0.514. The number of aryl methyl sites for hydroxylation is 3. The fourth-order valence-corrected chi connectivity index (χ4v) is 4.14. The maximum Gasteiger partial charge on any atom is 0.262 e. The van der Waals surface area contributed by atoms with E-state index in [4.69, 9.17) is 0 Å². The molecule has 5 heteroatoms. The van der Waals surface area contributed by atoms with Crippen LogP contribution in [0.15, 0.2) is 53.3 Å². The molecule has 0 atom stereocenters. The Labute approximate surface area is 171 Å². The van der Waals surface area contributed by atoms with Crippen LogP contribution in [0.25, 0.3) is 21.8 Å². The van der Waals surface area contributed by atoms with Gasteiger partial charge in [0.25, 0.3) is 5.56 Å². The zero-order valence-electron chi connectivity index (χ0n) is 17.4. The van der Waals surface area contributed by atoms with Gasteiger partial charge < -0.3 is 9.47 Å². The lowest BCUT2D eigenvalue weighted by molar-refractivity contribution is 0.322. The van der Waals surface area contributed by atoms with Crippen molar-refractivity contribution in [3.8, 4) is 0 Å². The topological polar surface area (TPSA) is 53.9 Å². The molecule has 5 nitrogen and oxygen atoms in total. The highest BCUT2D eigenvalue weighted by atomic mass is 16.1. The number of aromatic nitrogens is 3. The van der Waals surface area contributed by atoms with Crippen molar-refractivity contribution in [2.75, 3.05) is 13.6 Å². The largest absolute Gasteiger partial charge is 0.308 e. The number of nitrogens with zero attached hydrogens (tertiary/aromatic N) is 3. The molecule has 2 aromatic heterocycles. The van der Waals surface area contributed by atoms with Crippen molar-refractivity contribution in [3.05, 3.63) is 75.7 Å². The summed E-state index contributed by atoms with van der Waals surface area (Å²) in [5.74, 6) is 0. The maximum atomic E-state index is 12.8. The highest BCUT2D eigenvalue weighted by Gasteiger charge is 2.15. The zero-order chi connectivity index (χ0) is 20.4. The molecule has 0 aliphatic heterocycles. The monoisotopic (exact) mass is 388 g/mol. The van der Waals surface area contributed by atoms with Gasteiger partial charge in [0, 0.05) is 24.2 Å². The number of hydrogen-bond donors (Lipinski definition) is 1. The van der Waals surface area contributed by atoms with Gasteiger partial charge in [-0.15, -0.1) is 0 Å². The Morgan fingerprint density at radius 1 is 1.10 bits per heavy atom. The molecule has 0 aliphatic carbocycles. The van der Waals surface area contributed by atoms with Gasteiger partial charge in [0.15, 0.2) is 0 Å². The number of rotatable bonds is 7. The van der Waals surface area contributed by atoms with Crippen LogP contribution >= 0.6 is 0 Å². The first kappa shape index (κ1) is 19.4. The zero-order valence-corrected chi connectivity index (χ0v) is 17.4. The third-order valence-electron chi connectivity index (χ3n) is 5.63. The number of fused-ring (bicyclic) bond motifs is 3. The minimum atomic E-state index is 0.0385. The van der Waals surface area contributed by atoms with Crippen LogP contribution in [0.2, 0.25) is 0 Å². The molecular formula is C24H28N4O. The first-order chi connectivity index (χ1) is 14.1. The van der Waals surface area contributed by atoms with E-state index < -0.39 is 0 Å². The van der Waals surface area contributed by atoms with Gasteiger partial charge in [-0.25, -0.2) is 0 Å². The van der Waals surface area contributed by atoms with Gasteiger partial charge in [0.1, 0.15) is 5.52 Å². The van der Waals surface area contributed by atoms with Gasteiger partial charge >= 0.3 is 0 Å². The molecule has 4 aromatic rings. The second-order valence-corrected chi connectivity index (χ2v) is 7.80. The van der Waals surface area contributed by atoms with Crippen LogP contribution in [-0.4, -0.2) is 33.3 Å². The summed E-state index contributed by atoms with van der Waals surface area (Å²) in [5, 5.41) is 9.19. The van der Waals surface area contributed by atoms with E-state index in [1.165, 1.54) is 11.1 Å². The molecule has 0 amide bonds. The predicted octanol–water partition coefficient (Wildman–Crippen LogP) is 4.27. The van der Waals surface area contributed by atoms with Crippen molar-refractivity contribution in [1.82, 2.24) is 19.7 Å². The first-order valence-corrected chi connectivity index (χ1v) is 10.3. The molecule has 4 rings (SSSR count). The average Bonchev–Trinajstić information content (AvgIpc) is 3.11. The van der Waals surface area contributed by atoms with E-state index in [0.29, 0.717) is 11.9 Å². The number of H-pyrrole nitrogens is 1. The molecule has 150 valence electrons. The van der Waals surface area contributed by atoms with E-state index in [1.807, 2.05) is 18.4 Å². The Balaban J connectivity index is 1.54. The molecule has 2 aromatic carbocycles. The standard InChI is InChI=1S/C24H28N4O/c1-4-28-21-13-12-18(11-8-14-27(3)16-19-9-6-5-7-10-19)15-20(21)23-22(24(28)29)17(2)25-26-23/h5-7,9-10,12-13,15H,4,8,11,14,16H2,1-3H3,(H,25,26). The summed E-state index contributed by atoms with van der Waals surface area (Å²) in [7, 11) is 2.17. The number of nitrogens with one attached hydrogen (secondary N) is 1. The van der Waals surface area contributed by atoms with Crippen LogP contribution in [0.1, 0.15) is 30.2 Å². The van der Waals surface area contributed by atoms with Gasteiger partial charge in [0.05, 0.1) is 10.9 Å². The van der Waals surface area contributed by atoms with E-state index in [9.17, 15) is 4.79 Å². The summed E-state index contributed by atoms with van der Waals surface area (Å²) in [6.45, 7) is 6.58. The Bertz CT molecular complexity index is 1190. The predicted molar refractivity (Wildman–Crippen MR) is 119 cm³/mol.